The van der Waals surface area contributed by atoms with Crippen LogP contribution in [-0.4, -0.2) is 41.6 Å². The van der Waals surface area contributed by atoms with E-state index in [4.69, 9.17) is 17.3 Å². The maximum Gasteiger partial charge on any atom is 0.301 e. The van der Waals surface area contributed by atoms with Crippen molar-refractivity contribution in [2.45, 2.75) is 6.42 Å². The molecule has 3 N–H and O–H groups in total. The van der Waals surface area contributed by atoms with Crippen molar-refractivity contribution in [1.82, 2.24) is 13.1 Å². The molecule has 110 valence electrons. The smallest absolute Gasteiger partial charge is 0.301 e. The van der Waals surface area contributed by atoms with Crippen LogP contribution in [0.15, 0.2) is 12.1 Å². The van der Waals surface area contributed by atoms with Crippen molar-refractivity contribution in [3.05, 3.63) is 17.2 Å². The molecule has 0 amide bonds. The Balaban J connectivity index is 2.31. The molecule has 2 rings (SSSR count). The molecule has 10 heteroatoms. The van der Waals surface area contributed by atoms with Gasteiger partial charge in [-0.15, -0.1) is 0 Å². The van der Waals surface area contributed by atoms with Crippen molar-refractivity contribution >= 4 is 50.3 Å². The number of hydrogen-bond donors (Lipinski definition) is 2. The molecule has 0 saturated carbocycles. The summed E-state index contributed by atoms with van der Waals surface area (Å²) in [7, 11) is -2.22. The first kappa shape index (κ1) is 15.4. The van der Waals surface area contributed by atoms with Crippen LogP contribution in [-0.2, 0) is 10.2 Å². The van der Waals surface area contributed by atoms with E-state index in [1.807, 2.05) is 0 Å². The largest absolute Gasteiger partial charge is 0.330 e. The topological polar surface area (TPSA) is 101 Å². The lowest BCUT2D eigenvalue weighted by atomic mass is 10.3. The Labute approximate surface area is 126 Å². The van der Waals surface area contributed by atoms with E-state index in [-0.39, 0.29) is 10.7 Å². The van der Waals surface area contributed by atoms with E-state index in [2.05, 4.69) is 13.5 Å². The highest BCUT2D eigenvalue weighted by Crippen LogP contribution is 2.30. The number of nitrogens with zero attached hydrogens (tertiary/aromatic N) is 3. The third-order valence-electron chi connectivity index (χ3n) is 2.70. The Bertz CT molecular complexity index is 703. The summed E-state index contributed by atoms with van der Waals surface area (Å²) in [5.74, 6) is 0. The highest BCUT2D eigenvalue weighted by Gasteiger charge is 2.21. The number of hydrogen-bond acceptors (Lipinski definition) is 6. The van der Waals surface area contributed by atoms with Crippen LogP contribution in [0.5, 0.6) is 0 Å². The molecule has 1 aromatic carbocycles. The van der Waals surface area contributed by atoms with E-state index in [0.717, 1.165) is 11.7 Å². The second-order valence-corrected chi connectivity index (χ2v) is 6.84. The zero-order chi connectivity index (χ0) is 14.8. The van der Waals surface area contributed by atoms with E-state index in [9.17, 15) is 8.42 Å². The van der Waals surface area contributed by atoms with Gasteiger partial charge in [0, 0.05) is 13.6 Å². The van der Waals surface area contributed by atoms with Crippen LogP contribution in [0.2, 0.25) is 5.02 Å². The molecular weight excluding hydrogens is 322 g/mol. The van der Waals surface area contributed by atoms with Crippen LogP contribution in [0.25, 0.3) is 11.0 Å². The first-order chi connectivity index (χ1) is 9.45. The molecule has 1 heterocycles. The molecule has 1 aromatic heterocycles. The molecule has 0 atom stereocenters. The molecule has 20 heavy (non-hydrogen) atoms. The number of fused-ring (bicyclic) bond motifs is 1. The highest BCUT2D eigenvalue weighted by molar-refractivity contribution is 7.90. The Kier molecular flexibility index (Phi) is 4.76. The number of aromatic nitrogens is 2. The lowest BCUT2D eigenvalue weighted by molar-refractivity contribution is 0.468. The molecule has 0 saturated heterocycles. The maximum absolute atomic E-state index is 12.2. The van der Waals surface area contributed by atoms with Gasteiger partial charge in [-0.25, -0.2) is 0 Å². The Hall–Kier alpha value is -1.00. The van der Waals surface area contributed by atoms with Crippen LogP contribution in [0.3, 0.4) is 0 Å². The summed E-state index contributed by atoms with van der Waals surface area (Å²) in [6.45, 7) is 0.751. The minimum atomic E-state index is -3.70. The molecule has 0 fully saturated rings. The van der Waals surface area contributed by atoms with Crippen molar-refractivity contribution in [2.24, 2.45) is 5.73 Å². The zero-order valence-corrected chi connectivity index (χ0v) is 13.1. The van der Waals surface area contributed by atoms with Gasteiger partial charge in [0.05, 0.1) is 22.4 Å². The molecule has 0 bridgehead atoms. The molecular formula is C10H14ClN5O2S2. The summed E-state index contributed by atoms with van der Waals surface area (Å²) in [6.07, 6.45) is 0.577. The van der Waals surface area contributed by atoms with Gasteiger partial charge in [-0.05, 0) is 25.1 Å². The molecule has 0 aliphatic heterocycles. The van der Waals surface area contributed by atoms with Gasteiger partial charge >= 0.3 is 10.2 Å². The fourth-order valence-electron chi connectivity index (χ4n) is 1.56. The predicted molar refractivity (Wildman–Crippen MR) is 81.3 cm³/mol. The van der Waals surface area contributed by atoms with E-state index in [1.54, 1.807) is 12.1 Å². The first-order valence-corrected chi connectivity index (χ1v) is 8.35. The Morgan fingerprint density at radius 2 is 2.20 bits per heavy atom. The number of anilines is 1. The van der Waals surface area contributed by atoms with Gasteiger partial charge in [-0.3, -0.25) is 4.72 Å². The predicted octanol–water partition coefficient (Wildman–Crippen LogP) is 1.28. The van der Waals surface area contributed by atoms with E-state index in [1.165, 1.54) is 11.4 Å². The number of halogens is 1. The summed E-state index contributed by atoms with van der Waals surface area (Å²) in [5.41, 5.74) is 6.67. The summed E-state index contributed by atoms with van der Waals surface area (Å²) in [5, 5.41) is 0.279. The zero-order valence-electron chi connectivity index (χ0n) is 10.7. The fraction of sp³-hybridized carbons (Fsp3) is 0.400. The van der Waals surface area contributed by atoms with E-state index >= 15 is 0 Å². The summed E-state index contributed by atoms with van der Waals surface area (Å²) in [6, 6.07) is 3.28. The molecule has 0 unspecified atom stereocenters. The molecule has 0 aliphatic carbocycles. The van der Waals surface area contributed by atoms with Gasteiger partial charge in [-0.1, -0.05) is 11.6 Å². The van der Waals surface area contributed by atoms with E-state index < -0.39 is 10.2 Å². The third-order valence-corrected chi connectivity index (χ3v) is 5.02. The van der Waals surface area contributed by atoms with Gasteiger partial charge in [0.25, 0.3) is 0 Å². The molecule has 7 nitrogen and oxygen atoms in total. The minimum Gasteiger partial charge on any atom is -0.330 e. The molecule has 0 aliphatic rings. The number of benzene rings is 1. The van der Waals surface area contributed by atoms with Gasteiger partial charge < -0.3 is 5.73 Å². The monoisotopic (exact) mass is 335 g/mol. The molecule has 2 aromatic rings. The minimum absolute atomic E-state index is 0.248. The van der Waals surface area contributed by atoms with Crippen molar-refractivity contribution in [1.29, 1.82) is 0 Å². The van der Waals surface area contributed by atoms with Crippen molar-refractivity contribution in [3.8, 4) is 0 Å². The second-order valence-electron chi connectivity index (χ2n) is 4.13. The van der Waals surface area contributed by atoms with Crippen LogP contribution in [0, 0.1) is 0 Å². The SMILES string of the molecule is CN(CCCN)S(=O)(=O)Nc1c(Cl)ccc2nsnc12. The third kappa shape index (κ3) is 3.18. The average Bonchev–Trinajstić information content (AvgIpc) is 2.87. The first-order valence-electron chi connectivity index (χ1n) is 5.80. The van der Waals surface area contributed by atoms with Gasteiger partial charge in [0.15, 0.2) is 0 Å². The second kappa shape index (κ2) is 6.19. The van der Waals surface area contributed by atoms with Gasteiger partial charge in [-0.2, -0.15) is 21.5 Å². The van der Waals surface area contributed by atoms with Gasteiger partial charge in [0.2, 0.25) is 0 Å². The van der Waals surface area contributed by atoms with Gasteiger partial charge in [0.1, 0.15) is 11.0 Å². The number of rotatable bonds is 6. The van der Waals surface area contributed by atoms with Crippen LogP contribution in [0.1, 0.15) is 6.42 Å². The Morgan fingerprint density at radius 3 is 2.90 bits per heavy atom. The van der Waals surface area contributed by atoms with E-state index in [0.29, 0.717) is 30.5 Å². The van der Waals surface area contributed by atoms with Crippen molar-refractivity contribution in [2.75, 3.05) is 24.9 Å². The van der Waals surface area contributed by atoms with Crippen molar-refractivity contribution in [3.63, 3.8) is 0 Å². The fourth-order valence-corrected chi connectivity index (χ4v) is 3.35. The molecule has 0 spiro atoms. The summed E-state index contributed by atoms with van der Waals surface area (Å²) in [4.78, 5) is 0. The van der Waals surface area contributed by atoms with Crippen LogP contribution >= 0.6 is 23.3 Å². The average molecular weight is 336 g/mol. The molecule has 0 radical (unpaired) electrons. The standard InChI is InChI=1S/C10H14ClN5O2S2/c1-16(6-2-5-12)20(17,18)15-9-7(11)3-4-8-10(9)14-19-13-8/h3-4,15H,2,5-6,12H2,1H3. The normalized spacial score (nSPS) is 12.2. The lowest BCUT2D eigenvalue weighted by Crippen LogP contribution is -2.34. The van der Waals surface area contributed by atoms with Crippen LogP contribution in [0.4, 0.5) is 5.69 Å². The highest BCUT2D eigenvalue weighted by atomic mass is 35.5. The quantitative estimate of drug-likeness (QED) is 0.828. The summed E-state index contributed by atoms with van der Waals surface area (Å²) >= 11 is 7.05. The number of nitrogens with two attached hydrogens (primary N) is 1. The van der Waals surface area contributed by atoms with Crippen molar-refractivity contribution < 1.29 is 8.42 Å². The Morgan fingerprint density at radius 1 is 1.45 bits per heavy atom. The van der Waals surface area contributed by atoms with Crippen LogP contribution < -0.4 is 10.5 Å². The number of nitrogens with one attached hydrogen (secondary N) is 1. The lowest BCUT2D eigenvalue weighted by Gasteiger charge is -2.18. The maximum atomic E-state index is 12.2. The summed E-state index contributed by atoms with van der Waals surface area (Å²) < 4.78 is 36.1.